The van der Waals surface area contributed by atoms with Crippen LogP contribution in [-0.2, 0) is 21.7 Å². The highest BCUT2D eigenvalue weighted by atomic mass is 32.2. The van der Waals surface area contributed by atoms with Crippen LogP contribution in [0.1, 0.15) is 17.5 Å². The molecule has 0 aliphatic rings. The summed E-state index contributed by atoms with van der Waals surface area (Å²) >= 11 is -1.87. The number of benzene rings is 2. The van der Waals surface area contributed by atoms with E-state index in [2.05, 4.69) is 0 Å². The smallest absolute Gasteiger partial charge is 0.286 e. The van der Waals surface area contributed by atoms with Crippen molar-refractivity contribution in [1.82, 2.24) is 0 Å². The van der Waals surface area contributed by atoms with Crippen molar-refractivity contribution in [2.75, 3.05) is 6.61 Å². The summed E-state index contributed by atoms with van der Waals surface area (Å²) in [5.41, 5.74) is -2.38. The van der Waals surface area contributed by atoms with E-state index in [1.807, 2.05) is 37.3 Å². The molecular formula is C18H19F3O2S2. The zero-order valence-corrected chi connectivity index (χ0v) is 15.3. The molecule has 0 saturated heterocycles. The third-order valence-electron chi connectivity index (χ3n) is 3.47. The number of rotatable bonds is 8. The molecule has 2 nitrogen and oxygen atoms in total. The van der Waals surface area contributed by atoms with E-state index in [1.165, 1.54) is 0 Å². The van der Waals surface area contributed by atoms with Gasteiger partial charge in [-0.3, -0.25) is 4.18 Å². The molecule has 0 fully saturated rings. The third-order valence-corrected chi connectivity index (χ3v) is 5.45. The molecule has 0 aliphatic heterocycles. The van der Waals surface area contributed by atoms with Gasteiger partial charge in [0.2, 0.25) is 0 Å². The second-order valence-corrected chi connectivity index (χ2v) is 8.08. The number of hydrogen-bond acceptors (Lipinski definition) is 3. The van der Waals surface area contributed by atoms with Gasteiger partial charge in [0.25, 0.3) is 0 Å². The summed E-state index contributed by atoms with van der Waals surface area (Å²) in [7, 11) is 0. The van der Waals surface area contributed by atoms with Crippen LogP contribution in [0.15, 0.2) is 59.5 Å². The second kappa shape index (κ2) is 9.40. The van der Waals surface area contributed by atoms with Crippen LogP contribution in [-0.4, -0.2) is 21.6 Å². The Hall–Kier alpha value is -1.31. The molecule has 0 heterocycles. The molecule has 0 amide bonds. The molecule has 0 N–H and O–H groups in total. The van der Waals surface area contributed by atoms with Gasteiger partial charge >= 0.3 is 5.51 Å². The zero-order chi connectivity index (χ0) is 18.3. The van der Waals surface area contributed by atoms with Crippen LogP contribution in [0.2, 0.25) is 0 Å². The fourth-order valence-electron chi connectivity index (χ4n) is 2.19. The highest BCUT2D eigenvalue weighted by molar-refractivity contribution is 8.00. The number of aryl methyl sites for hydroxylation is 2. The Bertz CT molecular complexity index is 673. The lowest BCUT2D eigenvalue weighted by molar-refractivity contribution is -0.0337. The first-order valence-corrected chi connectivity index (χ1v) is 9.69. The average Bonchev–Trinajstić information content (AvgIpc) is 2.57. The Labute approximate surface area is 152 Å². The van der Waals surface area contributed by atoms with E-state index in [1.54, 1.807) is 24.3 Å². The third kappa shape index (κ3) is 7.63. The minimum absolute atomic E-state index is 0.0987. The predicted octanol–water partition coefficient (Wildman–Crippen LogP) is 5.29. The summed E-state index contributed by atoms with van der Waals surface area (Å²) in [5, 5.41) is -0.811. The SMILES string of the molecule is Cc1ccc(S(=O)OCC(CCc2ccccc2)SC(F)(F)F)cc1. The molecule has 2 rings (SSSR count). The fourth-order valence-corrected chi connectivity index (χ4v) is 3.81. The molecule has 0 aliphatic carbocycles. The zero-order valence-electron chi connectivity index (χ0n) is 13.7. The Morgan fingerprint density at radius 1 is 1.08 bits per heavy atom. The van der Waals surface area contributed by atoms with Gasteiger partial charge in [0.05, 0.1) is 11.5 Å². The van der Waals surface area contributed by atoms with Crippen LogP contribution in [0.5, 0.6) is 0 Å². The Morgan fingerprint density at radius 3 is 2.32 bits per heavy atom. The highest BCUT2D eigenvalue weighted by Crippen LogP contribution is 2.36. The quantitative estimate of drug-likeness (QED) is 0.615. The topological polar surface area (TPSA) is 26.3 Å². The van der Waals surface area contributed by atoms with Crippen LogP contribution in [0.4, 0.5) is 13.2 Å². The van der Waals surface area contributed by atoms with Gasteiger partial charge in [-0.2, -0.15) is 13.2 Å². The van der Waals surface area contributed by atoms with Crippen molar-refractivity contribution in [3.8, 4) is 0 Å². The molecule has 2 aromatic carbocycles. The van der Waals surface area contributed by atoms with Crippen molar-refractivity contribution in [2.45, 2.75) is 35.4 Å². The summed E-state index contributed by atoms with van der Waals surface area (Å²) in [6.07, 6.45) is 0.800. The van der Waals surface area contributed by atoms with Crippen molar-refractivity contribution in [1.29, 1.82) is 0 Å². The summed E-state index contributed by atoms with van der Waals surface area (Å²) in [4.78, 5) is 0.449. The van der Waals surface area contributed by atoms with Crippen molar-refractivity contribution in [3.63, 3.8) is 0 Å². The van der Waals surface area contributed by atoms with Gasteiger partial charge in [0, 0.05) is 5.25 Å². The maximum Gasteiger partial charge on any atom is 0.442 e. The van der Waals surface area contributed by atoms with Gasteiger partial charge in [0.15, 0.2) is 11.1 Å². The molecule has 0 saturated carbocycles. The van der Waals surface area contributed by atoms with Crippen LogP contribution < -0.4 is 0 Å². The number of thioether (sulfide) groups is 1. The molecule has 0 bridgehead atoms. The Morgan fingerprint density at radius 2 is 1.72 bits per heavy atom. The summed E-state index contributed by atoms with van der Waals surface area (Å²) in [5.74, 6) is 0. The largest absolute Gasteiger partial charge is 0.442 e. The lowest BCUT2D eigenvalue weighted by atomic mass is 10.1. The molecule has 25 heavy (non-hydrogen) atoms. The van der Waals surface area contributed by atoms with Gasteiger partial charge in [-0.15, -0.1) is 0 Å². The minimum Gasteiger partial charge on any atom is -0.286 e. The molecule has 0 spiro atoms. The van der Waals surface area contributed by atoms with Crippen LogP contribution >= 0.6 is 11.8 Å². The standard InChI is InChI=1S/C18H19F3O2S2/c1-14-7-11-17(12-8-14)25(22)23-13-16(24-18(19,20)21)10-9-15-5-3-2-4-6-15/h2-8,11-12,16H,9-10,13H2,1H3. The van der Waals surface area contributed by atoms with E-state index in [9.17, 15) is 17.4 Å². The van der Waals surface area contributed by atoms with Gasteiger partial charge in [-0.25, -0.2) is 4.21 Å². The van der Waals surface area contributed by atoms with E-state index >= 15 is 0 Å². The maximum atomic E-state index is 12.8. The summed E-state index contributed by atoms with van der Waals surface area (Å²) < 4.78 is 55.6. The van der Waals surface area contributed by atoms with Gasteiger partial charge < -0.3 is 0 Å². The van der Waals surface area contributed by atoms with E-state index < -0.39 is 21.8 Å². The van der Waals surface area contributed by atoms with E-state index in [0.29, 0.717) is 17.7 Å². The summed E-state index contributed by atoms with van der Waals surface area (Å²) in [6.45, 7) is 1.67. The van der Waals surface area contributed by atoms with Crippen LogP contribution in [0.3, 0.4) is 0 Å². The lowest BCUT2D eigenvalue weighted by Gasteiger charge is -2.18. The van der Waals surface area contributed by atoms with Crippen molar-refractivity contribution < 1.29 is 21.6 Å². The van der Waals surface area contributed by atoms with E-state index in [-0.39, 0.29) is 18.4 Å². The molecule has 2 aromatic rings. The van der Waals surface area contributed by atoms with E-state index in [0.717, 1.165) is 11.1 Å². The number of alkyl halides is 3. The lowest BCUT2D eigenvalue weighted by Crippen LogP contribution is -2.19. The van der Waals surface area contributed by atoms with Crippen molar-refractivity contribution in [2.24, 2.45) is 0 Å². The van der Waals surface area contributed by atoms with Crippen LogP contribution in [0.25, 0.3) is 0 Å². The predicted molar refractivity (Wildman–Crippen MR) is 95.7 cm³/mol. The first-order chi connectivity index (χ1) is 11.8. The number of halogens is 3. The number of hydrogen-bond donors (Lipinski definition) is 0. The molecule has 7 heteroatoms. The molecule has 2 atom stereocenters. The normalized spacial score (nSPS) is 14.2. The van der Waals surface area contributed by atoms with Crippen molar-refractivity contribution >= 4 is 22.8 Å². The monoisotopic (exact) mass is 388 g/mol. The minimum atomic E-state index is -4.35. The van der Waals surface area contributed by atoms with Gasteiger partial charge in [0.1, 0.15) is 0 Å². The average molecular weight is 388 g/mol. The molecule has 0 radical (unpaired) electrons. The Kier molecular flexibility index (Phi) is 7.53. The first kappa shape index (κ1) is 20.0. The fraction of sp³-hybridized carbons (Fsp3) is 0.333. The molecule has 136 valence electrons. The second-order valence-electron chi connectivity index (χ2n) is 5.54. The summed E-state index contributed by atoms with van der Waals surface area (Å²) in [6, 6.07) is 16.2. The van der Waals surface area contributed by atoms with Crippen molar-refractivity contribution in [3.05, 3.63) is 65.7 Å². The Balaban J connectivity index is 1.93. The van der Waals surface area contributed by atoms with Crippen LogP contribution in [0, 0.1) is 6.92 Å². The highest BCUT2D eigenvalue weighted by Gasteiger charge is 2.33. The molecule has 0 aromatic heterocycles. The van der Waals surface area contributed by atoms with Gasteiger partial charge in [-0.1, -0.05) is 48.0 Å². The molecule has 2 unspecified atom stereocenters. The van der Waals surface area contributed by atoms with E-state index in [4.69, 9.17) is 4.18 Å². The van der Waals surface area contributed by atoms with Gasteiger partial charge in [-0.05, 0) is 49.2 Å². The molecular weight excluding hydrogens is 369 g/mol. The first-order valence-electron chi connectivity index (χ1n) is 7.74. The maximum absolute atomic E-state index is 12.8.